The summed E-state index contributed by atoms with van der Waals surface area (Å²) in [4.78, 5) is 6.16. The fourth-order valence-corrected chi connectivity index (χ4v) is 3.27. The van der Waals surface area contributed by atoms with Gasteiger partial charge >= 0.3 is 0 Å². The third kappa shape index (κ3) is 7.35. The van der Waals surface area contributed by atoms with E-state index in [0.29, 0.717) is 5.92 Å². The van der Waals surface area contributed by atoms with Crippen molar-refractivity contribution in [2.45, 2.75) is 39.7 Å². The summed E-state index contributed by atoms with van der Waals surface area (Å²) >= 11 is 1.80. The van der Waals surface area contributed by atoms with Crippen molar-refractivity contribution in [2.24, 2.45) is 10.9 Å². The molecule has 140 valence electrons. The molecule has 0 bridgehead atoms. The zero-order valence-electron chi connectivity index (χ0n) is 15.5. The molecule has 2 rings (SSSR count). The van der Waals surface area contributed by atoms with Crippen LogP contribution in [0.1, 0.15) is 32.6 Å². The molecule has 2 N–H and O–H groups in total. The summed E-state index contributed by atoms with van der Waals surface area (Å²) in [7, 11) is 0. The number of thiophene rings is 1. The molecule has 0 aliphatic heterocycles. The quantitative estimate of drug-likeness (QED) is 0.348. The van der Waals surface area contributed by atoms with Gasteiger partial charge in [0.25, 0.3) is 0 Å². The number of rotatable bonds is 8. The lowest BCUT2D eigenvalue weighted by Gasteiger charge is -2.22. The van der Waals surface area contributed by atoms with Gasteiger partial charge in [-0.25, -0.2) is 0 Å². The molecule has 7 heteroatoms. The van der Waals surface area contributed by atoms with Crippen LogP contribution in [-0.4, -0.2) is 35.4 Å². The summed E-state index contributed by atoms with van der Waals surface area (Å²) in [5.41, 5.74) is 0.0528. The Labute approximate surface area is 172 Å². The fraction of sp³-hybridized carbons (Fsp3) is 0.556. The van der Waals surface area contributed by atoms with E-state index in [4.69, 9.17) is 4.99 Å². The predicted octanol–water partition coefficient (Wildman–Crippen LogP) is 3.73. The van der Waals surface area contributed by atoms with Gasteiger partial charge in [0.1, 0.15) is 0 Å². The van der Waals surface area contributed by atoms with Crippen LogP contribution < -0.4 is 10.6 Å². The average Bonchev–Trinajstić information content (AvgIpc) is 3.23. The van der Waals surface area contributed by atoms with Gasteiger partial charge in [0, 0.05) is 42.3 Å². The Kier molecular flexibility index (Phi) is 9.48. The minimum Gasteiger partial charge on any atom is -0.357 e. The van der Waals surface area contributed by atoms with Gasteiger partial charge in [-0.1, -0.05) is 26.8 Å². The van der Waals surface area contributed by atoms with Crippen LogP contribution in [0.3, 0.4) is 0 Å². The standard InChI is InChI=1S/C18H29N5S.HI/c1-5-19-17(20-12-15(2)13-23-10-7-9-22-23)21-14-18(3,4)16-8-6-11-24-16;/h6-11,15H,5,12-14H2,1-4H3,(H2,19,20,21);1H. The van der Waals surface area contributed by atoms with Crippen LogP contribution in [0.25, 0.3) is 0 Å². The SMILES string of the molecule is CCNC(=NCC(C)(C)c1cccs1)NCC(C)Cn1cccn1.I. The molecule has 0 radical (unpaired) electrons. The summed E-state index contributed by atoms with van der Waals surface area (Å²) in [6.07, 6.45) is 3.82. The number of hydrogen-bond donors (Lipinski definition) is 2. The summed E-state index contributed by atoms with van der Waals surface area (Å²) < 4.78 is 1.97. The Bertz CT molecular complexity index is 607. The molecule has 0 saturated heterocycles. The van der Waals surface area contributed by atoms with Crippen LogP contribution in [0.4, 0.5) is 0 Å². The van der Waals surface area contributed by atoms with E-state index in [1.165, 1.54) is 4.88 Å². The number of aliphatic imine (C=N–C) groups is 1. The summed E-state index contributed by atoms with van der Waals surface area (Å²) in [5.74, 6) is 1.36. The predicted molar refractivity (Wildman–Crippen MR) is 118 cm³/mol. The highest BCUT2D eigenvalue weighted by molar-refractivity contribution is 14.0. The van der Waals surface area contributed by atoms with Crippen molar-refractivity contribution in [3.63, 3.8) is 0 Å². The first-order valence-corrected chi connectivity index (χ1v) is 9.43. The van der Waals surface area contributed by atoms with E-state index in [1.807, 2.05) is 23.1 Å². The van der Waals surface area contributed by atoms with Gasteiger partial charge in [-0.05, 0) is 30.4 Å². The molecule has 1 unspecified atom stereocenters. The first kappa shape index (κ1) is 22.0. The number of hydrogen-bond acceptors (Lipinski definition) is 3. The third-order valence-corrected chi connectivity index (χ3v) is 5.08. The van der Waals surface area contributed by atoms with Gasteiger partial charge in [-0.3, -0.25) is 9.67 Å². The van der Waals surface area contributed by atoms with E-state index in [1.54, 1.807) is 11.3 Å². The van der Waals surface area contributed by atoms with Crippen molar-refractivity contribution in [3.05, 3.63) is 40.8 Å². The van der Waals surface area contributed by atoms with E-state index in [9.17, 15) is 0 Å². The number of guanidine groups is 1. The van der Waals surface area contributed by atoms with Gasteiger partial charge in [0.15, 0.2) is 5.96 Å². The third-order valence-electron chi connectivity index (χ3n) is 3.84. The van der Waals surface area contributed by atoms with Crippen LogP contribution in [-0.2, 0) is 12.0 Å². The Hall–Kier alpha value is -1.09. The minimum atomic E-state index is 0. The second-order valence-electron chi connectivity index (χ2n) is 6.77. The molecule has 0 amide bonds. The van der Waals surface area contributed by atoms with Crippen LogP contribution >= 0.6 is 35.3 Å². The second-order valence-corrected chi connectivity index (χ2v) is 7.72. The van der Waals surface area contributed by atoms with Gasteiger partial charge in [0.2, 0.25) is 0 Å². The molecule has 0 aromatic carbocycles. The van der Waals surface area contributed by atoms with Crippen molar-refractivity contribution < 1.29 is 0 Å². The van der Waals surface area contributed by atoms with Crippen LogP contribution in [0.5, 0.6) is 0 Å². The van der Waals surface area contributed by atoms with Gasteiger partial charge in [0.05, 0.1) is 6.54 Å². The summed E-state index contributed by atoms with van der Waals surface area (Å²) in [6, 6.07) is 6.25. The van der Waals surface area contributed by atoms with E-state index < -0.39 is 0 Å². The largest absolute Gasteiger partial charge is 0.357 e. The Morgan fingerprint density at radius 2 is 2.16 bits per heavy atom. The molecular formula is C18H30IN5S. The molecule has 1 atom stereocenters. The zero-order valence-corrected chi connectivity index (χ0v) is 18.7. The average molecular weight is 475 g/mol. The maximum absolute atomic E-state index is 4.79. The highest BCUT2D eigenvalue weighted by atomic mass is 127. The van der Waals surface area contributed by atoms with Crippen LogP contribution in [0.15, 0.2) is 41.0 Å². The van der Waals surface area contributed by atoms with Gasteiger partial charge in [-0.15, -0.1) is 35.3 Å². The smallest absolute Gasteiger partial charge is 0.191 e. The fourth-order valence-electron chi connectivity index (χ4n) is 2.42. The van der Waals surface area contributed by atoms with E-state index in [0.717, 1.165) is 32.1 Å². The number of halogens is 1. The van der Waals surface area contributed by atoms with Crippen molar-refractivity contribution in [2.75, 3.05) is 19.6 Å². The topological polar surface area (TPSA) is 54.2 Å². The monoisotopic (exact) mass is 475 g/mol. The zero-order chi connectivity index (χ0) is 17.4. The molecule has 2 aromatic rings. The van der Waals surface area contributed by atoms with Gasteiger partial charge < -0.3 is 10.6 Å². The lowest BCUT2D eigenvalue weighted by Crippen LogP contribution is -2.41. The first-order chi connectivity index (χ1) is 11.5. The van der Waals surface area contributed by atoms with Crippen molar-refractivity contribution in [3.8, 4) is 0 Å². The molecule has 0 aliphatic carbocycles. The molecule has 2 heterocycles. The highest BCUT2D eigenvalue weighted by Gasteiger charge is 2.21. The Morgan fingerprint density at radius 3 is 2.76 bits per heavy atom. The van der Waals surface area contributed by atoms with Gasteiger partial charge in [-0.2, -0.15) is 5.10 Å². The van der Waals surface area contributed by atoms with E-state index in [-0.39, 0.29) is 29.4 Å². The molecule has 25 heavy (non-hydrogen) atoms. The van der Waals surface area contributed by atoms with Crippen LogP contribution in [0, 0.1) is 5.92 Å². The Morgan fingerprint density at radius 1 is 1.36 bits per heavy atom. The summed E-state index contributed by atoms with van der Waals surface area (Å²) in [6.45, 7) is 12.2. The lowest BCUT2D eigenvalue weighted by atomic mass is 9.92. The number of nitrogens with one attached hydrogen (secondary N) is 2. The van der Waals surface area contributed by atoms with E-state index >= 15 is 0 Å². The first-order valence-electron chi connectivity index (χ1n) is 8.55. The lowest BCUT2D eigenvalue weighted by molar-refractivity contribution is 0.443. The van der Waals surface area contributed by atoms with Crippen LogP contribution in [0.2, 0.25) is 0 Å². The molecular weight excluding hydrogens is 445 g/mol. The molecule has 0 saturated carbocycles. The normalized spacial score (nSPS) is 13.2. The molecule has 0 fully saturated rings. The van der Waals surface area contributed by atoms with Crippen molar-refractivity contribution in [1.29, 1.82) is 0 Å². The molecule has 5 nitrogen and oxygen atoms in total. The maximum atomic E-state index is 4.79. The Balaban J connectivity index is 0.00000312. The molecule has 2 aromatic heterocycles. The van der Waals surface area contributed by atoms with Crippen molar-refractivity contribution >= 4 is 41.3 Å². The van der Waals surface area contributed by atoms with Crippen molar-refractivity contribution in [1.82, 2.24) is 20.4 Å². The highest BCUT2D eigenvalue weighted by Crippen LogP contribution is 2.27. The number of aromatic nitrogens is 2. The molecule has 0 spiro atoms. The molecule has 0 aliphatic rings. The minimum absolute atomic E-state index is 0. The van der Waals surface area contributed by atoms with E-state index in [2.05, 4.69) is 60.9 Å². The second kappa shape index (κ2) is 10.8. The maximum Gasteiger partial charge on any atom is 0.191 e. The summed E-state index contributed by atoms with van der Waals surface area (Å²) in [5, 5.41) is 13.2. The number of nitrogens with zero attached hydrogens (tertiary/aromatic N) is 3.